The minimum absolute atomic E-state index is 0.139. The smallest absolute Gasteiger partial charge is 0.275 e. The molecule has 2 amide bonds. The fourth-order valence-electron chi connectivity index (χ4n) is 3.03. The molecular weight excluding hydrogens is 304 g/mol. The number of aryl methyl sites for hydroxylation is 1. The van der Waals surface area contributed by atoms with E-state index in [1.807, 2.05) is 13.8 Å². The zero-order valence-corrected chi connectivity index (χ0v) is 14.1. The molecule has 1 aliphatic rings. The van der Waals surface area contributed by atoms with Gasteiger partial charge in [-0.05, 0) is 44.0 Å². The molecule has 0 saturated carbocycles. The van der Waals surface area contributed by atoms with Crippen LogP contribution in [-0.2, 0) is 6.54 Å². The molecule has 0 N–H and O–H groups in total. The van der Waals surface area contributed by atoms with Crippen molar-refractivity contribution in [3.8, 4) is 0 Å². The number of imide groups is 1. The lowest BCUT2D eigenvalue weighted by Crippen LogP contribution is -2.37. The predicted molar refractivity (Wildman–Crippen MR) is 92.7 cm³/mol. The summed E-state index contributed by atoms with van der Waals surface area (Å²) >= 11 is 0. The minimum Gasteiger partial charge on any atom is -0.311 e. The summed E-state index contributed by atoms with van der Waals surface area (Å²) in [6, 6.07) is 8.31. The number of carbonyl (C=O) groups is 2. The number of nitrogens with zero attached hydrogens (tertiary/aromatic N) is 2. The van der Waals surface area contributed by atoms with Crippen LogP contribution in [0, 0.1) is 13.8 Å². The third-order valence-electron chi connectivity index (χ3n) is 4.56. The van der Waals surface area contributed by atoms with Gasteiger partial charge in [-0.3, -0.25) is 14.4 Å². The van der Waals surface area contributed by atoms with Crippen molar-refractivity contribution >= 4 is 17.5 Å². The Morgan fingerprint density at radius 2 is 1.54 bits per heavy atom. The molecule has 2 heterocycles. The molecule has 1 aliphatic heterocycles. The van der Waals surface area contributed by atoms with E-state index in [4.69, 9.17) is 0 Å². The van der Waals surface area contributed by atoms with Crippen LogP contribution in [0.3, 0.4) is 0 Å². The van der Waals surface area contributed by atoms with Crippen molar-refractivity contribution < 1.29 is 9.59 Å². The third kappa shape index (κ3) is 2.37. The van der Waals surface area contributed by atoms with E-state index in [-0.39, 0.29) is 11.2 Å². The Hall–Kier alpha value is -2.69. The van der Waals surface area contributed by atoms with Gasteiger partial charge in [-0.15, -0.1) is 0 Å². The second kappa shape index (κ2) is 6.07. The van der Waals surface area contributed by atoms with Crippen molar-refractivity contribution in [2.24, 2.45) is 0 Å². The first-order valence-electron chi connectivity index (χ1n) is 8.16. The summed E-state index contributed by atoms with van der Waals surface area (Å²) in [6.45, 7) is 6.41. The quantitative estimate of drug-likeness (QED) is 0.812. The van der Waals surface area contributed by atoms with Gasteiger partial charge in [0.25, 0.3) is 17.4 Å². The number of anilines is 1. The average Bonchev–Trinajstić information content (AvgIpc) is 2.83. The summed E-state index contributed by atoms with van der Waals surface area (Å²) in [5.74, 6) is -0.865. The van der Waals surface area contributed by atoms with Crippen molar-refractivity contribution in [2.75, 3.05) is 4.90 Å². The number of hydrogen-bond acceptors (Lipinski definition) is 3. The highest BCUT2D eigenvalue weighted by Crippen LogP contribution is 2.27. The molecule has 5 heteroatoms. The normalized spacial score (nSPS) is 13.5. The van der Waals surface area contributed by atoms with Crippen molar-refractivity contribution in [1.29, 1.82) is 0 Å². The fraction of sp³-hybridized carbons (Fsp3) is 0.316. The standard InChI is InChI=1S/C19H20N2O3/c1-4-5-10-20-13(3)12(2)11-16(19(20)24)21-17(22)14-8-6-7-9-15(14)18(21)23/h6-9,11H,4-5,10H2,1-3H3. The molecule has 0 radical (unpaired) electrons. The Morgan fingerprint density at radius 3 is 2.08 bits per heavy atom. The first-order chi connectivity index (χ1) is 11.5. The molecular formula is C19H20N2O3. The number of hydrogen-bond donors (Lipinski definition) is 0. The van der Waals surface area contributed by atoms with E-state index in [2.05, 4.69) is 6.92 Å². The lowest BCUT2D eigenvalue weighted by atomic mass is 10.1. The monoisotopic (exact) mass is 324 g/mol. The number of benzene rings is 1. The van der Waals surface area contributed by atoms with Gasteiger partial charge in [0.1, 0.15) is 5.69 Å². The molecule has 0 spiro atoms. The van der Waals surface area contributed by atoms with E-state index in [0.29, 0.717) is 17.7 Å². The summed E-state index contributed by atoms with van der Waals surface area (Å²) in [5, 5.41) is 0. The highest BCUT2D eigenvalue weighted by Gasteiger charge is 2.38. The molecule has 0 fully saturated rings. The van der Waals surface area contributed by atoms with E-state index in [9.17, 15) is 14.4 Å². The Balaban J connectivity index is 2.15. The third-order valence-corrected chi connectivity index (χ3v) is 4.56. The van der Waals surface area contributed by atoms with E-state index in [1.54, 1.807) is 34.9 Å². The van der Waals surface area contributed by atoms with Crippen LogP contribution < -0.4 is 10.5 Å². The van der Waals surface area contributed by atoms with Crippen LogP contribution in [0.2, 0.25) is 0 Å². The number of carbonyl (C=O) groups excluding carboxylic acids is 2. The second-order valence-corrected chi connectivity index (χ2v) is 6.10. The van der Waals surface area contributed by atoms with Crippen LogP contribution in [0.4, 0.5) is 5.69 Å². The van der Waals surface area contributed by atoms with Gasteiger partial charge in [-0.2, -0.15) is 0 Å². The van der Waals surface area contributed by atoms with Crippen molar-refractivity contribution in [2.45, 2.75) is 40.2 Å². The highest BCUT2D eigenvalue weighted by molar-refractivity contribution is 6.34. The van der Waals surface area contributed by atoms with E-state index < -0.39 is 11.8 Å². The van der Waals surface area contributed by atoms with Gasteiger partial charge >= 0.3 is 0 Å². The van der Waals surface area contributed by atoms with Crippen LogP contribution in [-0.4, -0.2) is 16.4 Å². The summed E-state index contributed by atoms with van der Waals surface area (Å²) in [4.78, 5) is 39.2. The average molecular weight is 324 g/mol. The number of aromatic nitrogens is 1. The molecule has 124 valence electrons. The zero-order chi connectivity index (χ0) is 17.4. The van der Waals surface area contributed by atoms with E-state index in [0.717, 1.165) is 29.0 Å². The van der Waals surface area contributed by atoms with Gasteiger partial charge in [0.2, 0.25) is 0 Å². The van der Waals surface area contributed by atoms with Gasteiger partial charge < -0.3 is 4.57 Å². The van der Waals surface area contributed by atoms with Crippen molar-refractivity contribution in [3.63, 3.8) is 0 Å². The summed E-state index contributed by atoms with van der Waals surface area (Å²) in [5.41, 5.74) is 2.30. The molecule has 0 unspecified atom stereocenters. The number of fused-ring (bicyclic) bond motifs is 1. The lowest BCUT2D eigenvalue weighted by Gasteiger charge is -2.19. The summed E-state index contributed by atoms with van der Waals surface area (Å²) < 4.78 is 1.66. The molecule has 1 aromatic carbocycles. The maximum Gasteiger partial charge on any atom is 0.275 e. The topological polar surface area (TPSA) is 59.4 Å². The van der Waals surface area contributed by atoms with Crippen LogP contribution in [0.25, 0.3) is 0 Å². The second-order valence-electron chi connectivity index (χ2n) is 6.10. The van der Waals surface area contributed by atoms with Gasteiger partial charge in [0.15, 0.2) is 0 Å². The Morgan fingerprint density at radius 1 is 0.958 bits per heavy atom. The van der Waals surface area contributed by atoms with Crippen molar-refractivity contribution in [3.05, 3.63) is 63.1 Å². The predicted octanol–water partition coefficient (Wildman–Crippen LogP) is 3.07. The minimum atomic E-state index is -0.432. The number of unbranched alkanes of at least 4 members (excludes halogenated alkanes) is 1. The molecule has 1 aromatic heterocycles. The van der Waals surface area contributed by atoms with Crippen molar-refractivity contribution in [1.82, 2.24) is 4.57 Å². The Kier molecular flexibility index (Phi) is 4.09. The number of amides is 2. The SMILES string of the molecule is CCCCn1c(C)c(C)cc(N2C(=O)c3ccccc3C2=O)c1=O. The molecule has 0 bridgehead atoms. The maximum atomic E-state index is 12.9. The van der Waals surface area contributed by atoms with Gasteiger partial charge in [-0.25, -0.2) is 4.90 Å². The van der Waals surface area contributed by atoms with Gasteiger partial charge in [0, 0.05) is 12.2 Å². The molecule has 3 rings (SSSR count). The van der Waals surface area contributed by atoms with Gasteiger partial charge in [0.05, 0.1) is 11.1 Å². The van der Waals surface area contributed by atoms with Crippen LogP contribution >= 0.6 is 0 Å². The fourth-order valence-corrected chi connectivity index (χ4v) is 3.03. The largest absolute Gasteiger partial charge is 0.311 e. The Bertz CT molecular complexity index is 861. The maximum absolute atomic E-state index is 12.9. The first kappa shape index (κ1) is 16.2. The zero-order valence-electron chi connectivity index (χ0n) is 14.1. The molecule has 0 atom stereocenters. The first-order valence-corrected chi connectivity index (χ1v) is 8.16. The molecule has 0 saturated heterocycles. The molecule has 5 nitrogen and oxygen atoms in total. The van der Waals surface area contributed by atoms with Crippen LogP contribution in [0.1, 0.15) is 51.7 Å². The Labute approximate surface area is 140 Å². The van der Waals surface area contributed by atoms with Crippen LogP contribution in [0.15, 0.2) is 35.1 Å². The summed E-state index contributed by atoms with van der Waals surface area (Å²) in [6.07, 6.45) is 1.83. The molecule has 2 aromatic rings. The van der Waals surface area contributed by atoms with Gasteiger partial charge in [-0.1, -0.05) is 25.5 Å². The van der Waals surface area contributed by atoms with Crippen LogP contribution in [0.5, 0.6) is 0 Å². The molecule has 0 aliphatic carbocycles. The number of pyridine rings is 1. The van der Waals surface area contributed by atoms with E-state index in [1.165, 1.54) is 0 Å². The highest BCUT2D eigenvalue weighted by atomic mass is 16.2. The molecule has 24 heavy (non-hydrogen) atoms. The number of rotatable bonds is 4. The lowest BCUT2D eigenvalue weighted by molar-refractivity contribution is 0.0925. The summed E-state index contributed by atoms with van der Waals surface area (Å²) in [7, 11) is 0. The van der Waals surface area contributed by atoms with E-state index >= 15 is 0 Å².